The van der Waals surface area contributed by atoms with Gasteiger partial charge in [-0.2, -0.15) is 0 Å². The molecule has 0 unspecified atom stereocenters. The van der Waals surface area contributed by atoms with Crippen molar-refractivity contribution in [3.8, 4) is 0 Å². The SMILES string of the molecule is Cc1ccc(C)c(NC(=S)NCc2ccccc2Cl)c1. The summed E-state index contributed by atoms with van der Waals surface area (Å²) in [7, 11) is 0. The van der Waals surface area contributed by atoms with Crippen molar-refractivity contribution in [1.29, 1.82) is 0 Å². The van der Waals surface area contributed by atoms with Gasteiger partial charge in [0.1, 0.15) is 0 Å². The van der Waals surface area contributed by atoms with Gasteiger partial charge in [0.2, 0.25) is 0 Å². The predicted molar refractivity (Wildman–Crippen MR) is 90.4 cm³/mol. The summed E-state index contributed by atoms with van der Waals surface area (Å²) in [5, 5.41) is 7.73. The van der Waals surface area contributed by atoms with Gasteiger partial charge in [-0.05, 0) is 54.9 Å². The van der Waals surface area contributed by atoms with Crippen LogP contribution < -0.4 is 10.6 Å². The molecule has 0 saturated heterocycles. The molecular weight excluding hydrogens is 288 g/mol. The van der Waals surface area contributed by atoms with Gasteiger partial charge in [0, 0.05) is 17.3 Å². The van der Waals surface area contributed by atoms with Crippen LogP contribution in [0.4, 0.5) is 5.69 Å². The number of hydrogen-bond donors (Lipinski definition) is 2. The van der Waals surface area contributed by atoms with Crippen molar-refractivity contribution in [2.45, 2.75) is 20.4 Å². The second-order valence-electron chi connectivity index (χ2n) is 4.72. The van der Waals surface area contributed by atoms with Gasteiger partial charge in [-0.15, -0.1) is 0 Å². The molecule has 0 atom stereocenters. The summed E-state index contributed by atoms with van der Waals surface area (Å²) in [6.07, 6.45) is 0. The number of hydrogen-bond acceptors (Lipinski definition) is 1. The van der Waals surface area contributed by atoms with Gasteiger partial charge in [0.25, 0.3) is 0 Å². The molecule has 0 spiro atoms. The first kappa shape index (κ1) is 14.8. The van der Waals surface area contributed by atoms with Crippen LogP contribution in [0.25, 0.3) is 0 Å². The number of rotatable bonds is 3. The molecule has 0 amide bonds. The van der Waals surface area contributed by atoms with E-state index in [1.54, 1.807) is 0 Å². The Morgan fingerprint density at radius 2 is 1.90 bits per heavy atom. The maximum atomic E-state index is 6.11. The van der Waals surface area contributed by atoms with Crippen LogP contribution >= 0.6 is 23.8 Å². The molecule has 2 N–H and O–H groups in total. The first-order valence-corrected chi connectivity index (χ1v) is 7.20. The molecule has 0 aliphatic rings. The van der Waals surface area contributed by atoms with Crippen LogP contribution in [-0.2, 0) is 6.54 Å². The first-order chi connectivity index (χ1) is 9.56. The molecule has 0 heterocycles. The van der Waals surface area contributed by atoms with E-state index >= 15 is 0 Å². The Labute approximate surface area is 130 Å². The Balaban J connectivity index is 1.96. The van der Waals surface area contributed by atoms with Crippen LogP contribution in [0.3, 0.4) is 0 Å². The summed E-state index contributed by atoms with van der Waals surface area (Å²) in [5.41, 5.74) is 4.42. The summed E-state index contributed by atoms with van der Waals surface area (Å²) in [6.45, 7) is 4.72. The molecule has 0 saturated carbocycles. The van der Waals surface area contributed by atoms with Crippen molar-refractivity contribution in [1.82, 2.24) is 5.32 Å². The third kappa shape index (κ3) is 3.95. The van der Waals surface area contributed by atoms with E-state index in [1.165, 1.54) is 5.56 Å². The van der Waals surface area contributed by atoms with Gasteiger partial charge in [0.15, 0.2) is 5.11 Å². The van der Waals surface area contributed by atoms with E-state index in [0.717, 1.165) is 21.8 Å². The fourth-order valence-electron chi connectivity index (χ4n) is 1.85. The Morgan fingerprint density at radius 1 is 1.15 bits per heavy atom. The first-order valence-electron chi connectivity index (χ1n) is 6.42. The van der Waals surface area contributed by atoms with Crippen molar-refractivity contribution >= 4 is 34.6 Å². The lowest BCUT2D eigenvalue weighted by Gasteiger charge is -2.13. The highest BCUT2D eigenvalue weighted by Gasteiger charge is 2.03. The van der Waals surface area contributed by atoms with Crippen LogP contribution in [0.1, 0.15) is 16.7 Å². The molecule has 0 aliphatic carbocycles. The molecule has 20 heavy (non-hydrogen) atoms. The number of benzene rings is 2. The second-order valence-corrected chi connectivity index (χ2v) is 5.53. The third-order valence-corrected chi connectivity index (χ3v) is 3.65. The second kappa shape index (κ2) is 6.73. The molecule has 0 fully saturated rings. The van der Waals surface area contributed by atoms with Gasteiger partial charge < -0.3 is 10.6 Å². The predicted octanol–water partition coefficient (Wildman–Crippen LogP) is 4.44. The molecule has 2 aromatic rings. The number of thiocarbonyl (C=S) groups is 1. The number of aryl methyl sites for hydroxylation is 2. The van der Waals surface area contributed by atoms with E-state index in [1.807, 2.05) is 24.3 Å². The molecule has 4 heteroatoms. The van der Waals surface area contributed by atoms with Crippen molar-refractivity contribution in [2.24, 2.45) is 0 Å². The number of nitrogens with one attached hydrogen (secondary N) is 2. The maximum absolute atomic E-state index is 6.11. The topological polar surface area (TPSA) is 24.1 Å². The number of anilines is 1. The highest BCUT2D eigenvalue weighted by molar-refractivity contribution is 7.80. The van der Waals surface area contributed by atoms with Crippen molar-refractivity contribution in [3.63, 3.8) is 0 Å². The third-order valence-electron chi connectivity index (χ3n) is 3.04. The molecule has 2 nitrogen and oxygen atoms in total. The largest absolute Gasteiger partial charge is 0.358 e. The number of halogens is 1. The normalized spacial score (nSPS) is 10.2. The van der Waals surface area contributed by atoms with E-state index in [2.05, 4.69) is 42.7 Å². The smallest absolute Gasteiger partial charge is 0.171 e. The Hall–Kier alpha value is -1.58. The molecule has 104 valence electrons. The Kier molecular flexibility index (Phi) is 4.99. The van der Waals surface area contributed by atoms with Crippen molar-refractivity contribution in [3.05, 3.63) is 64.2 Å². The maximum Gasteiger partial charge on any atom is 0.171 e. The van der Waals surface area contributed by atoms with Crippen LogP contribution in [0.15, 0.2) is 42.5 Å². The Bertz CT molecular complexity index is 626. The zero-order valence-corrected chi connectivity index (χ0v) is 13.1. The fraction of sp³-hybridized carbons (Fsp3) is 0.188. The molecule has 0 aromatic heterocycles. The monoisotopic (exact) mass is 304 g/mol. The molecular formula is C16H17ClN2S. The van der Waals surface area contributed by atoms with Gasteiger partial charge in [-0.3, -0.25) is 0 Å². The minimum Gasteiger partial charge on any atom is -0.358 e. The molecule has 2 aromatic carbocycles. The van der Waals surface area contributed by atoms with Gasteiger partial charge >= 0.3 is 0 Å². The molecule has 0 bridgehead atoms. The Morgan fingerprint density at radius 3 is 2.65 bits per heavy atom. The van der Waals surface area contributed by atoms with Gasteiger partial charge in [-0.25, -0.2) is 0 Å². The molecule has 0 aliphatic heterocycles. The zero-order valence-electron chi connectivity index (χ0n) is 11.5. The van der Waals surface area contributed by atoms with Gasteiger partial charge in [-0.1, -0.05) is 41.9 Å². The quantitative estimate of drug-likeness (QED) is 0.820. The van der Waals surface area contributed by atoms with Crippen LogP contribution in [0, 0.1) is 13.8 Å². The highest BCUT2D eigenvalue weighted by Crippen LogP contribution is 2.17. The summed E-state index contributed by atoms with van der Waals surface area (Å²) in [6, 6.07) is 14.0. The van der Waals surface area contributed by atoms with Crippen LogP contribution in [-0.4, -0.2) is 5.11 Å². The summed E-state index contributed by atoms with van der Waals surface area (Å²) < 4.78 is 0. The van der Waals surface area contributed by atoms with Crippen LogP contribution in [0.5, 0.6) is 0 Å². The lowest BCUT2D eigenvalue weighted by Crippen LogP contribution is -2.28. The fourth-order valence-corrected chi connectivity index (χ4v) is 2.24. The van der Waals surface area contributed by atoms with E-state index in [-0.39, 0.29) is 0 Å². The van der Waals surface area contributed by atoms with E-state index < -0.39 is 0 Å². The lowest BCUT2D eigenvalue weighted by molar-refractivity contribution is 0.926. The standard InChI is InChI=1S/C16H17ClN2S/c1-11-7-8-12(2)15(9-11)19-16(20)18-10-13-5-3-4-6-14(13)17/h3-9H,10H2,1-2H3,(H2,18,19,20). The minimum absolute atomic E-state index is 0.596. The lowest BCUT2D eigenvalue weighted by atomic mass is 10.1. The average molecular weight is 305 g/mol. The van der Waals surface area contributed by atoms with E-state index in [0.29, 0.717) is 11.7 Å². The van der Waals surface area contributed by atoms with Crippen molar-refractivity contribution in [2.75, 3.05) is 5.32 Å². The molecule has 0 radical (unpaired) electrons. The summed E-state index contributed by atoms with van der Waals surface area (Å²) in [4.78, 5) is 0. The zero-order chi connectivity index (χ0) is 14.5. The highest BCUT2D eigenvalue weighted by atomic mass is 35.5. The van der Waals surface area contributed by atoms with Crippen molar-refractivity contribution < 1.29 is 0 Å². The minimum atomic E-state index is 0.596. The van der Waals surface area contributed by atoms with E-state index in [9.17, 15) is 0 Å². The van der Waals surface area contributed by atoms with E-state index in [4.69, 9.17) is 23.8 Å². The summed E-state index contributed by atoms with van der Waals surface area (Å²) >= 11 is 11.4. The summed E-state index contributed by atoms with van der Waals surface area (Å²) in [5.74, 6) is 0. The molecule has 2 rings (SSSR count). The van der Waals surface area contributed by atoms with Gasteiger partial charge in [0.05, 0.1) is 0 Å². The average Bonchev–Trinajstić information content (AvgIpc) is 2.42. The van der Waals surface area contributed by atoms with Crippen LogP contribution in [0.2, 0.25) is 5.02 Å².